The van der Waals surface area contributed by atoms with Crippen LogP contribution in [0.5, 0.6) is 5.75 Å². The van der Waals surface area contributed by atoms with Crippen LogP contribution in [0.4, 0.5) is 0 Å². The maximum Gasteiger partial charge on any atom is 0.272 e. The quantitative estimate of drug-likeness (QED) is 0.560. The molecule has 0 saturated carbocycles. The van der Waals surface area contributed by atoms with E-state index >= 15 is 0 Å². The zero-order valence-electron chi connectivity index (χ0n) is 10.5. The molecule has 0 aromatic heterocycles. The molecule has 0 unspecified atom stereocenters. The molecule has 0 heterocycles. The van der Waals surface area contributed by atoms with Crippen LogP contribution in [0.15, 0.2) is 50.4 Å². The summed E-state index contributed by atoms with van der Waals surface area (Å²) < 4.78 is 1.37. The lowest BCUT2D eigenvalue weighted by atomic mass is 10.2. The third kappa shape index (κ3) is 4.06. The number of rotatable bonds is 3. The molecule has 0 bridgehead atoms. The highest BCUT2D eigenvalue weighted by molar-refractivity contribution is 9.10. The van der Waals surface area contributed by atoms with Crippen molar-refractivity contribution in [3.05, 3.63) is 61.5 Å². The van der Waals surface area contributed by atoms with Crippen molar-refractivity contribution in [2.24, 2.45) is 5.10 Å². The smallest absolute Gasteiger partial charge is 0.272 e. The van der Waals surface area contributed by atoms with Gasteiger partial charge in [-0.25, -0.2) is 5.43 Å². The molecule has 0 atom stereocenters. The molecule has 0 aliphatic heterocycles. The second-order valence-corrected chi connectivity index (χ2v) is 6.18. The van der Waals surface area contributed by atoms with Crippen LogP contribution < -0.4 is 5.43 Å². The number of amides is 1. The standard InChI is InChI=1S/C14H9Br2ClN2O2/c15-9-5-8(13(20)12(17)6-9)7-18-19-14(21)10-3-1-2-4-11(10)16/h1-7,20H,(H,19,21)/b18-7+. The molecule has 7 heteroatoms. The van der Waals surface area contributed by atoms with E-state index in [1.165, 1.54) is 6.21 Å². The number of nitrogens with one attached hydrogen (secondary N) is 1. The average molecular weight is 432 g/mol. The van der Waals surface area contributed by atoms with Crippen molar-refractivity contribution >= 4 is 55.6 Å². The lowest BCUT2D eigenvalue weighted by Crippen LogP contribution is -2.18. The van der Waals surface area contributed by atoms with Crippen LogP contribution in [0.1, 0.15) is 15.9 Å². The molecule has 2 aromatic carbocycles. The number of carbonyl (C=O) groups is 1. The molecule has 0 aliphatic rings. The van der Waals surface area contributed by atoms with Crippen LogP contribution in [0.2, 0.25) is 5.02 Å². The first-order valence-electron chi connectivity index (χ1n) is 5.75. The van der Waals surface area contributed by atoms with E-state index in [9.17, 15) is 9.90 Å². The molecule has 0 saturated heterocycles. The summed E-state index contributed by atoms with van der Waals surface area (Å²) in [5.74, 6) is -0.460. The summed E-state index contributed by atoms with van der Waals surface area (Å²) in [4.78, 5) is 11.9. The van der Waals surface area contributed by atoms with Gasteiger partial charge in [0.15, 0.2) is 0 Å². The van der Waals surface area contributed by atoms with Crippen molar-refractivity contribution in [3.63, 3.8) is 0 Å². The van der Waals surface area contributed by atoms with E-state index in [1.54, 1.807) is 30.3 Å². The third-order valence-corrected chi connectivity index (χ3v) is 3.98. The van der Waals surface area contributed by atoms with E-state index in [-0.39, 0.29) is 16.7 Å². The average Bonchev–Trinajstić information content (AvgIpc) is 2.44. The Kier molecular flexibility index (Phi) is 5.39. The van der Waals surface area contributed by atoms with Crippen molar-refractivity contribution in [1.29, 1.82) is 0 Å². The van der Waals surface area contributed by atoms with Gasteiger partial charge in [-0.15, -0.1) is 0 Å². The summed E-state index contributed by atoms with van der Waals surface area (Å²) in [6.45, 7) is 0. The Bertz CT molecular complexity index is 720. The van der Waals surface area contributed by atoms with E-state index in [1.807, 2.05) is 6.07 Å². The summed E-state index contributed by atoms with van der Waals surface area (Å²) in [6, 6.07) is 10.2. The molecule has 2 aromatic rings. The Morgan fingerprint density at radius 3 is 2.71 bits per heavy atom. The lowest BCUT2D eigenvalue weighted by Gasteiger charge is -2.04. The SMILES string of the molecule is O=C(N/N=C/c1cc(Br)cc(Cl)c1O)c1ccccc1Br. The van der Waals surface area contributed by atoms with E-state index < -0.39 is 0 Å². The fourth-order valence-electron chi connectivity index (χ4n) is 1.55. The summed E-state index contributed by atoms with van der Waals surface area (Å²) in [5.41, 5.74) is 3.24. The van der Waals surface area contributed by atoms with E-state index in [4.69, 9.17) is 11.6 Å². The zero-order valence-corrected chi connectivity index (χ0v) is 14.4. The molecule has 2 rings (SSSR count). The van der Waals surface area contributed by atoms with Gasteiger partial charge in [-0.1, -0.05) is 39.7 Å². The maximum absolute atomic E-state index is 11.9. The van der Waals surface area contributed by atoms with Gasteiger partial charge in [0.05, 0.1) is 16.8 Å². The third-order valence-electron chi connectivity index (χ3n) is 2.55. The molecule has 4 nitrogen and oxygen atoms in total. The second kappa shape index (κ2) is 7.06. The van der Waals surface area contributed by atoms with Crippen molar-refractivity contribution in [2.75, 3.05) is 0 Å². The topological polar surface area (TPSA) is 61.7 Å². The zero-order chi connectivity index (χ0) is 15.4. The van der Waals surface area contributed by atoms with Crippen LogP contribution in [0.3, 0.4) is 0 Å². The number of hydrazone groups is 1. The molecule has 21 heavy (non-hydrogen) atoms. The van der Waals surface area contributed by atoms with Crippen LogP contribution in [-0.4, -0.2) is 17.2 Å². The summed E-state index contributed by atoms with van der Waals surface area (Å²) in [6.07, 6.45) is 1.32. The number of phenols is 1. The minimum Gasteiger partial charge on any atom is -0.506 e. The van der Waals surface area contributed by atoms with Crippen LogP contribution >= 0.6 is 43.5 Å². The van der Waals surface area contributed by atoms with Crippen molar-refractivity contribution in [3.8, 4) is 5.75 Å². The molecule has 0 spiro atoms. The highest BCUT2D eigenvalue weighted by Crippen LogP contribution is 2.30. The highest BCUT2D eigenvalue weighted by Gasteiger charge is 2.08. The summed E-state index contributed by atoms with van der Waals surface area (Å²) in [7, 11) is 0. The van der Waals surface area contributed by atoms with Gasteiger partial charge in [0.2, 0.25) is 0 Å². The Labute approximate surface area is 143 Å². The minimum absolute atomic E-state index is 0.0984. The van der Waals surface area contributed by atoms with Gasteiger partial charge in [0.25, 0.3) is 5.91 Å². The fourth-order valence-corrected chi connectivity index (χ4v) is 2.85. The van der Waals surface area contributed by atoms with Gasteiger partial charge in [-0.2, -0.15) is 5.10 Å². The molecule has 0 aliphatic carbocycles. The van der Waals surface area contributed by atoms with Crippen molar-refractivity contribution in [2.45, 2.75) is 0 Å². The largest absolute Gasteiger partial charge is 0.506 e. The maximum atomic E-state index is 11.9. The number of halogens is 3. The first-order valence-corrected chi connectivity index (χ1v) is 7.71. The molecule has 0 radical (unpaired) electrons. The number of nitrogens with zero attached hydrogens (tertiary/aromatic N) is 1. The Balaban J connectivity index is 2.13. The molecule has 1 amide bonds. The van der Waals surface area contributed by atoms with Crippen molar-refractivity contribution < 1.29 is 9.90 Å². The van der Waals surface area contributed by atoms with Gasteiger partial charge in [0, 0.05) is 14.5 Å². The number of phenolic OH excluding ortho intramolecular Hbond substituents is 1. The fraction of sp³-hybridized carbons (Fsp3) is 0. The molecule has 0 fully saturated rings. The Morgan fingerprint density at radius 1 is 1.29 bits per heavy atom. The predicted octanol–water partition coefficient (Wildman–Crippen LogP) is 4.33. The Hall–Kier alpha value is -1.37. The summed E-state index contributed by atoms with van der Waals surface area (Å²) in [5, 5.41) is 13.8. The first-order chi connectivity index (χ1) is 9.99. The summed E-state index contributed by atoms with van der Waals surface area (Å²) >= 11 is 12.4. The number of benzene rings is 2. The van der Waals surface area contributed by atoms with Gasteiger partial charge >= 0.3 is 0 Å². The van der Waals surface area contributed by atoms with E-state index in [0.29, 0.717) is 20.1 Å². The first kappa shape index (κ1) is 16.0. The van der Waals surface area contributed by atoms with E-state index in [2.05, 4.69) is 42.4 Å². The van der Waals surface area contributed by atoms with Gasteiger partial charge in [-0.3, -0.25) is 4.79 Å². The molecular weight excluding hydrogens is 423 g/mol. The Morgan fingerprint density at radius 2 is 2.00 bits per heavy atom. The monoisotopic (exact) mass is 430 g/mol. The number of aromatic hydroxyl groups is 1. The van der Waals surface area contributed by atoms with Gasteiger partial charge in [-0.05, 0) is 40.2 Å². The normalized spacial score (nSPS) is 10.8. The molecule has 108 valence electrons. The van der Waals surface area contributed by atoms with Crippen LogP contribution in [-0.2, 0) is 0 Å². The van der Waals surface area contributed by atoms with Gasteiger partial charge in [0.1, 0.15) is 5.75 Å². The van der Waals surface area contributed by atoms with Crippen LogP contribution in [0, 0.1) is 0 Å². The number of hydrogen-bond donors (Lipinski definition) is 2. The van der Waals surface area contributed by atoms with E-state index in [0.717, 1.165) is 0 Å². The molecule has 2 N–H and O–H groups in total. The van der Waals surface area contributed by atoms with Crippen molar-refractivity contribution in [1.82, 2.24) is 5.43 Å². The predicted molar refractivity (Wildman–Crippen MR) is 90.0 cm³/mol. The highest BCUT2D eigenvalue weighted by atomic mass is 79.9. The number of carbonyl (C=O) groups excluding carboxylic acids is 1. The second-order valence-electron chi connectivity index (χ2n) is 4.00. The number of hydrogen-bond acceptors (Lipinski definition) is 3. The molecular formula is C14H9Br2ClN2O2. The lowest BCUT2D eigenvalue weighted by molar-refractivity contribution is 0.0954. The minimum atomic E-state index is -0.362. The van der Waals surface area contributed by atoms with Gasteiger partial charge < -0.3 is 5.11 Å². The van der Waals surface area contributed by atoms with Crippen LogP contribution in [0.25, 0.3) is 0 Å².